The minimum Gasteiger partial charge on any atom is -0.493 e. The number of methoxy groups -OCH3 is 1. The van der Waals surface area contributed by atoms with Crippen molar-refractivity contribution in [3.8, 4) is 5.75 Å². The predicted molar refractivity (Wildman–Crippen MR) is 70.3 cm³/mol. The highest BCUT2D eigenvalue weighted by Crippen LogP contribution is 2.29. The highest BCUT2D eigenvalue weighted by Gasteiger charge is 2.17. The summed E-state index contributed by atoms with van der Waals surface area (Å²) in [5.41, 5.74) is 1.93. The number of nitrogens with zero attached hydrogens (tertiary/aromatic N) is 1. The number of anilines is 1. The lowest BCUT2D eigenvalue weighted by molar-refractivity contribution is -0.141. The molecule has 5 heteroatoms. The molecule has 0 bridgehead atoms. The zero-order chi connectivity index (χ0) is 13.8. The van der Waals surface area contributed by atoms with Gasteiger partial charge in [0.15, 0.2) is 0 Å². The van der Waals surface area contributed by atoms with E-state index in [-0.39, 0.29) is 24.7 Å². The van der Waals surface area contributed by atoms with Crippen LogP contribution in [-0.2, 0) is 20.7 Å². The summed E-state index contributed by atoms with van der Waals surface area (Å²) in [4.78, 5) is 24.5. The predicted octanol–water partition coefficient (Wildman–Crippen LogP) is 1.54. The average molecular weight is 263 g/mol. The monoisotopic (exact) mass is 263 g/mol. The molecule has 102 valence electrons. The first-order valence-corrected chi connectivity index (χ1v) is 6.21. The van der Waals surface area contributed by atoms with E-state index in [0.29, 0.717) is 6.61 Å². The van der Waals surface area contributed by atoms with Crippen molar-refractivity contribution in [1.29, 1.82) is 0 Å². The lowest BCUT2D eigenvalue weighted by Crippen LogP contribution is -2.26. The molecule has 0 atom stereocenters. The van der Waals surface area contributed by atoms with Crippen molar-refractivity contribution in [2.75, 3.05) is 25.7 Å². The van der Waals surface area contributed by atoms with Crippen LogP contribution in [0.25, 0.3) is 0 Å². The van der Waals surface area contributed by atoms with Crippen LogP contribution < -0.4 is 9.64 Å². The lowest BCUT2D eigenvalue weighted by Gasteiger charge is -2.17. The molecule has 0 spiro atoms. The average Bonchev–Trinajstić information content (AvgIpc) is 2.90. The molecule has 1 aliphatic heterocycles. The summed E-state index contributed by atoms with van der Waals surface area (Å²) in [7, 11) is 3.02. The molecule has 1 amide bonds. The molecular weight excluding hydrogens is 246 g/mol. The van der Waals surface area contributed by atoms with Gasteiger partial charge in [-0.25, -0.2) is 0 Å². The Morgan fingerprint density at radius 2 is 2.16 bits per heavy atom. The van der Waals surface area contributed by atoms with E-state index < -0.39 is 0 Å². The summed E-state index contributed by atoms with van der Waals surface area (Å²) in [6, 6.07) is 5.68. The van der Waals surface area contributed by atoms with Crippen LogP contribution in [0, 0.1) is 0 Å². The second kappa shape index (κ2) is 5.73. The molecule has 0 unspecified atom stereocenters. The lowest BCUT2D eigenvalue weighted by atomic mass is 10.1. The van der Waals surface area contributed by atoms with Gasteiger partial charge in [0.1, 0.15) is 5.75 Å². The summed E-state index contributed by atoms with van der Waals surface area (Å²) in [6.07, 6.45) is 1.12. The summed E-state index contributed by atoms with van der Waals surface area (Å²) in [5, 5.41) is 0. The van der Waals surface area contributed by atoms with E-state index in [0.717, 1.165) is 23.4 Å². The molecule has 1 aliphatic rings. The topological polar surface area (TPSA) is 55.8 Å². The maximum atomic E-state index is 12.0. The first-order chi connectivity index (χ1) is 9.11. The zero-order valence-corrected chi connectivity index (χ0v) is 11.1. The Kier molecular flexibility index (Phi) is 4.04. The molecule has 0 radical (unpaired) electrons. The van der Waals surface area contributed by atoms with Crippen LogP contribution in [0.4, 0.5) is 5.69 Å². The van der Waals surface area contributed by atoms with Crippen molar-refractivity contribution >= 4 is 17.6 Å². The van der Waals surface area contributed by atoms with Crippen LogP contribution in [0.3, 0.4) is 0 Å². The fourth-order valence-electron chi connectivity index (χ4n) is 2.00. The van der Waals surface area contributed by atoms with Gasteiger partial charge < -0.3 is 14.4 Å². The van der Waals surface area contributed by atoms with Gasteiger partial charge >= 0.3 is 5.97 Å². The molecule has 0 saturated carbocycles. The molecular formula is C14H17NO4. The van der Waals surface area contributed by atoms with Crippen LogP contribution in [0.1, 0.15) is 18.4 Å². The van der Waals surface area contributed by atoms with Crippen LogP contribution >= 0.6 is 0 Å². The largest absolute Gasteiger partial charge is 0.493 e. The molecule has 0 saturated heterocycles. The molecule has 0 fully saturated rings. The fourth-order valence-corrected chi connectivity index (χ4v) is 2.00. The quantitative estimate of drug-likeness (QED) is 0.773. The number of carbonyl (C=O) groups is 2. The van der Waals surface area contributed by atoms with Gasteiger partial charge in [-0.1, -0.05) is 0 Å². The number of esters is 1. The van der Waals surface area contributed by atoms with Gasteiger partial charge in [-0.05, 0) is 23.8 Å². The number of fused-ring (bicyclic) bond motifs is 1. The van der Waals surface area contributed by atoms with E-state index >= 15 is 0 Å². The van der Waals surface area contributed by atoms with Gasteiger partial charge in [-0.15, -0.1) is 0 Å². The van der Waals surface area contributed by atoms with Crippen LogP contribution in [0.2, 0.25) is 0 Å². The van der Waals surface area contributed by atoms with E-state index in [9.17, 15) is 9.59 Å². The number of carbonyl (C=O) groups excluding carboxylic acids is 2. The molecule has 1 aromatic carbocycles. The molecule has 0 N–H and O–H groups in total. The van der Waals surface area contributed by atoms with Crippen LogP contribution in [0.15, 0.2) is 18.2 Å². The number of benzene rings is 1. The Morgan fingerprint density at radius 3 is 2.89 bits per heavy atom. The van der Waals surface area contributed by atoms with Gasteiger partial charge in [0.2, 0.25) is 5.91 Å². The molecule has 2 rings (SSSR count). The third-order valence-corrected chi connectivity index (χ3v) is 3.21. The number of hydrogen-bond donors (Lipinski definition) is 0. The second-order valence-corrected chi connectivity index (χ2v) is 4.42. The first kappa shape index (κ1) is 13.4. The molecule has 5 nitrogen and oxygen atoms in total. The SMILES string of the molecule is COC(=O)CCC(=O)N(C)c1ccc2c(c1)CCO2. The van der Waals surface area contributed by atoms with E-state index in [2.05, 4.69) is 4.74 Å². The minimum absolute atomic E-state index is 0.105. The van der Waals surface area contributed by atoms with Gasteiger partial charge in [-0.2, -0.15) is 0 Å². The van der Waals surface area contributed by atoms with Crippen molar-refractivity contribution in [3.63, 3.8) is 0 Å². The number of hydrogen-bond acceptors (Lipinski definition) is 4. The van der Waals surface area contributed by atoms with Crippen molar-refractivity contribution in [2.24, 2.45) is 0 Å². The molecule has 1 heterocycles. The molecule has 0 aromatic heterocycles. The summed E-state index contributed by atoms with van der Waals surface area (Å²) < 4.78 is 9.94. The Hall–Kier alpha value is -2.04. The van der Waals surface area contributed by atoms with Crippen molar-refractivity contribution in [2.45, 2.75) is 19.3 Å². The Morgan fingerprint density at radius 1 is 1.37 bits per heavy atom. The molecule has 0 aliphatic carbocycles. The van der Waals surface area contributed by atoms with Gasteiger partial charge in [0.25, 0.3) is 0 Å². The summed E-state index contributed by atoms with van der Waals surface area (Å²) in [5.74, 6) is 0.410. The highest BCUT2D eigenvalue weighted by molar-refractivity contribution is 5.94. The molecule has 19 heavy (non-hydrogen) atoms. The third-order valence-electron chi connectivity index (χ3n) is 3.21. The highest BCUT2D eigenvalue weighted by atomic mass is 16.5. The normalized spacial score (nSPS) is 12.5. The first-order valence-electron chi connectivity index (χ1n) is 6.21. The smallest absolute Gasteiger partial charge is 0.306 e. The Bertz CT molecular complexity index is 498. The Labute approximate surface area is 112 Å². The van der Waals surface area contributed by atoms with E-state index in [1.807, 2.05) is 18.2 Å². The van der Waals surface area contributed by atoms with E-state index in [1.165, 1.54) is 7.11 Å². The van der Waals surface area contributed by atoms with Gasteiger partial charge in [0, 0.05) is 25.6 Å². The Balaban J connectivity index is 2.01. The van der Waals surface area contributed by atoms with E-state index in [1.54, 1.807) is 11.9 Å². The number of amides is 1. The van der Waals surface area contributed by atoms with Gasteiger partial charge in [0.05, 0.1) is 20.1 Å². The molecule has 1 aromatic rings. The van der Waals surface area contributed by atoms with Crippen molar-refractivity contribution in [1.82, 2.24) is 0 Å². The second-order valence-electron chi connectivity index (χ2n) is 4.42. The van der Waals surface area contributed by atoms with Crippen LogP contribution in [-0.4, -0.2) is 32.6 Å². The maximum Gasteiger partial charge on any atom is 0.306 e. The fraction of sp³-hybridized carbons (Fsp3) is 0.429. The standard InChI is InChI=1S/C14H17NO4/c1-15(13(16)5-6-14(17)18-2)11-3-4-12-10(9-11)7-8-19-12/h3-4,9H,5-8H2,1-2H3. The number of ether oxygens (including phenoxy) is 2. The maximum absolute atomic E-state index is 12.0. The van der Waals surface area contributed by atoms with Crippen LogP contribution in [0.5, 0.6) is 5.75 Å². The van der Waals surface area contributed by atoms with Gasteiger partial charge in [-0.3, -0.25) is 9.59 Å². The summed E-state index contributed by atoms with van der Waals surface area (Å²) in [6.45, 7) is 0.693. The van der Waals surface area contributed by atoms with E-state index in [4.69, 9.17) is 4.74 Å². The third kappa shape index (κ3) is 3.05. The van der Waals surface area contributed by atoms with Crippen molar-refractivity contribution in [3.05, 3.63) is 23.8 Å². The number of rotatable bonds is 4. The summed E-state index contributed by atoms with van der Waals surface area (Å²) >= 11 is 0. The minimum atomic E-state index is -0.371. The van der Waals surface area contributed by atoms with Crippen molar-refractivity contribution < 1.29 is 19.1 Å². The zero-order valence-electron chi connectivity index (χ0n) is 11.1.